The van der Waals surface area contributed by atoms with E-state index < -0.39 is 12.1 Å². The van der Waals surface area contributed by atoms with E-state index in [1.807, 2.05) is 0 Å². The molecule has 0 aromatic carbocycles. The quantitative estimate of drug-likeness (QED) is 0.501. The van der Waals surface area contributed by atoms with Crippen LogP contribution in [0.25, 0.3) is 0 Å². The van der Waals surface area contributed by atoms with E-state index in [0.717, 1.165) is 4.90 Å². The number of amides is 3. The summed E-state index contributed by atoms with van der Waals surface area (Å²) in [7, 11) is 1.37. The summed E-state index contributed by atoms with van der Waals surface area (Å²) in [5.74, 6) is -0.328. The van der Waals surface area contributed by atoms with Gasteiger partial charge in [-0.15, -0.1) is 0 Å². The first kappa shape index (κ1) is 7.71. The van der Waals surface area contributed by atoms with Crippen molar-refractivity contribution in [1.82, 2.24) is 10.2 Å². The molecule has 0 radical (unpaired) electrons. The standard InChI is InChI=1S/C6H8N2O3/c1-8-5(10)2-4(3-9)7-6(8)11/h3-4H,2H2,1H3,(H,7,11)/t4-/m0/s1. The third kappa shape index (κ3) is 1.36. The van der Waals surface area contributed by atoms with Crippen LogP contribution in [0.2, 0.25) is 0 Å². The third-order valence-electron chi connectivity index (χ3n) is 1.55. The molecule has 1 aliphatic heterocycles. The van der Waals surface area contributed by atoms with E-state index in [4.69, 9.17) is 0 Å². The van der Waals surface area contributed by atoms with Crippen molar-refractivity contribution in [2.75, 3.05) is 7.05 Å². The van der Waals surface area contributed by atoms with Crippen LogP contribution in [0.15, 0.2) is 0 Å². The number of aldehydes is 1. The highest BCUT2D eigenvalue weighted by Gasteiger charge is 2.28. The number of urea groups is 1. The van der Waals surface area contributed by atoms with E-state index in [-0.39, 0.29) is 12.3 Å². The normalized spacial score (nSPS) is 24.8. The zero-order chi connectivity index (χ0) is 8.43. The average molecular weight is 156 g/mol. The Morgan fingerprint density at radius 1 is 1.64 bits per heavy atom. The van der Waals surface area contributed by atoms with E-state index in [1.54, 1.807) is 0 Å². The van der Waals surface area contributed by atoms with Crippen molar-refractivity contribution in [3.8, 4) is 0 Å². The van der Waals surface area contributed by atoms with Gasteiger partial charge >= 0.3 is 6.03 Å². The fraction of sp³-hybridized carbons (Fsp3) is 0.500. The first-order valence-electron chi connectivity index (χ1n) is 3.17. The van der Waals surface area contributed by atoms with Crippen LogP contribution in [0.3, 0.4) is 0 Å². The van der Waals surface area contributed by atoms with E-state index in [2.05, 4.69) is 5.32 Å². The Kier molecular flexibility index (Phi) is 1.89. The van der Waals surface area contributed by atoms with Gasteiger partial charge in [-0.3, -0.25) is 9.69 Å². The highest BCUT2D eigenvalue weighted by Crippen LogP contribution is 2.02. The van der Waals surface area contributed by atoms with E-state index in [0.29, 0.717) is 6.29 Å². The summed E-state index contributed by atoms with van der Waals surface area (Å²) < 4.78 is 0. The molecule has 0 saturated carbocycles. The molecule has 60 valence electrons. The molecule has 0 aromatic rings. The van der Waals surface area contributed by atoms with Gasteiger partial charge < -0.3 is 10.1 Å². The van der Waals surface area contributed by atoms with E-state index >= 15 is 0 Å². The number of carbonyl (C=O) groups excluding carboxylic acids is 3. The largest absolute Gasteiger partial charge is 0.328 e. The molecular weight excluding hydrogens is 148 g/mol. The molecular formula is C6H8N2O3. The van der Waals surface area contributed by atoms with Crippen LogP contribution >= 0.6 is 0 Å². The molecule has 1 aliphatic rings. The fourth-order valence-corrected chi connectivity index (χ4v) is 0.827. The molecule has 1 heterocycles. The van der Waals surface area contributed by atoms with Crippen LogP contribution < -0.4 is 5.32 Å². The van der Waals surface area contributed by atoms with Crippen molar-refractivity contribution in [2.45, 2.75) is 12.5 Å². The second-order valence-corrected chi connectivity index (χ2v) is 2.35. The number of carbonyl (C=O) groups is 3. The lowest BCUT2D eigenvalue weighted by atomic mass is 10.2. The van der Waals surface area contributed by atoms with Gasteiger partial charge in [-0.2, -0.15) is 0 Å². The lowest BCUT2D eigenvalue weighted by molar-refractivity contribution is -0.130. The Morgan fingerprint density at radius 3 is 2.73 bits per heavy atom. The zero-order valence-electron chi connectivity index (χ0n) is 6.03. The minimum absolute atomic E-state index is 0.0612. The van der Waals surface area contributed by atoms with Crippen molar-refractivity contribution in [2.24, 2.45) is 0 Å². The molecule has 0 aliphatic carbocycles. The maximum Gasteiger partial charge on any atom is 0.324 e. The number of nitrogens with zero attached hydrogens (tertiary/aromatic N) is 1. The molecule has 0 unspecified atom stereocenters. The van der Waals surface area contributed by atoms with Crippen LogP contribution in [-0.2, 0) is 9.59 Å². The second-order valence-electron chi connectivity index (χ2n) is 2.35. The molecule has 5 nitrogen and oxygen atoms in total. The first-order valence-corrected chi connectivity index (χ1v) is 3.17. The van der Waals surface area contributed by atoms with Crippen LogP contribution in [0.5, 0.6) is 0 Å². The predicted octanol–water partition coefficient (Wildman–Crippen LogP) is -0.874. The van der Waals surface area contributed by atoms with Crippen LogP contribution in [0.1, 0.15) is 6.42 Å². The van der Waals surface area contributed by atoms with Gasteiger partial charge in [0.15, 0.2) is 0 Å². The molecule has 1 rings (SSSR count). The van der Waals surface area contributed by atoms with Gasteiger partial charge in [0.1, 0.15) is 6.29 Å². The second kappa shape index (κ2) is 2.69. The van der Waals surface area contributed by atoms with Crippen LogP contribution in [0.4, 0.5) is 4.79 Å². The Morgan fingerprint density at radius 2 is 2.27 bits per heavy atom. The number of rotatable bonds is 1. The van der Waals surface area contributed by atoms with Crippen LogP contribution in [0, 0.1) is 0 Å². The van der Waals surface area contributed by atoms with Crippen molar-refractivity contribution in [3.05, 3.63) is 0 Å². The smallest absolute Gasteiger partial charge is 0.324 e. The topological polar surface area (TPSA) is 66.5 Å². The predicted molar refractivity (Wildman–Crippen MR) is 35.8 cm³/mol. The van der Waals surface area contributed by atoms with Crippen molar-refractivity contribution in [1.29, 1.82) is 0 Å². The molecule has 0 aromatic heterocycles. The zero-order valence-corrected chi connectivity index (χ0v) is 6.03. The summed E-state index contributed by atoms with van der Waals surface area (Å²) in [6.45, 7) is 0. The number of hydrogen-bond acceptors (Lipinski definition) is 3. The fourth-order valence-electron chi connectivity index (χ4n) is 0.827. The molecule has 1 saturated heterocycles. The van der Waals surface area contributed by atoms with Gasteiger partial charge in [0.2, 0.25) is 5.91 Å². The molecule has 3 amide bonds. The maximum absolute atomic E-state index is 10.9. The molecule has 11 heavy (non-hydrogen) atoms. The first-order chi connectivity index (χ1) is 5.15. The summed E-state index contributed by atoms with van der Waals surface area (Å²) in [5, 5.41) is 2.34. The van der Waals surface area contributed by atoms with Crippen molar-refractivity contribution < 1.29 is 14.4 Å². The lowest BCUT2D eigenvalue weighted by Crippen LogP contribution is -2.53. The van der Waals surface area contributed by atoms with E-state index in [1.165, 1.54) is 7.05 Å². The molecule has 0 spiro atoms. The highest BCUT2D eigenvalue weighted by atomic mass is 16.2. The van der Waals surface area contributed by atoms with Crippen LogP contribution in [-0.4, -0.2) is 36.2 Å². The van der Waals surface area contributed by atoms with E-state index in [9.17, 15) is 14.4 Å². The Labute approximate surface area is 63.4 Å². The molecule has 1 fully saturated rings. The van der Waals surface area contributed by atoms with Gasteiger partial charge in [-0.05, 0) is 0 Å². The van der Waals surface area contributed by atoms with Crippen molar-refractivity contribution in [3.63, 3.8) is 0 Å². The molecule has 1 atom stereocenters. The monoisotopic (exact) mass is 156 g/mol. The SMILES string of the molecule is CN1C(=O)C[C@@H](C=O)NC1=O. The maximum atomic E-state index is 10.9. The third-order valence-corrected chi connectivity index (χ3v) is 1.55. The summed E-state index contributed by atoms with van der Waals surface area (Å²) in [6, 6.07) is -1.16. The minimum Gasteiger partial charge on any atom is -0.328 e. The lowest BCUT2D eigenvalue weighted by Gasteiger charge is -2.25. The molecule has 0 bridgehead atoms. The summed E-state index contributed by atoms with van der Waals surface area (Å²) in [6.07, 6.45) is 0.620. The summed E-state index contributed by atoms with van der Waals surface area (Å²) >= 11 is 0. The minimum atomic E-state index is -0.647. The van der Waals surface area contributed by atoms with Gasteiger partial charge in [0, 0.05) is 7.05 Å². The van der Waals surface area contributed by atoms with Gasteiger partial charge in [0.05, 0.1) is 12.5 Å². The number of nitrogens with one attached hydrogen (secondary N) is 1. The molecule has 5 heteroatoms. The van der Waals surface area contributed by atoms with Crippen molar-refractivity contribution >= 4 is 18.2 Å². The Bertz CT molecular complexity index is 196. The Balaban J connectivity index is 2.69. The highest BCUT2D eigenvalue weighted by molar-refractivity contribution is 5.99. The number of imide groups is 1. The molecule has 1 N–H and O–H groups in total. The van der Waals surface area contributed by atoms with Gasteiger partial charge in [0.25, 0.3) is 0 Å². The average Bonchev–Trinajstić information content (AvgIpc) is 1.99. The van der Waals surface area contributed by atoms with Gasteiger partial charge in [-0.1, -0.05) is 0 Å². The Hall–Kier alpha value is -1.39. The number of hydrogen-bond donors (Lipinski definition) is 1. The van der Waals surface area contributed by atoms with Gasteiger partial charge in [-0.25, -0.2) is 4.79 Å². The summed E-state index contributed by atoms with van der Waals surface area (Å²) in [4.78, 5) is 32.8. The summed E-state index contributed by atoms with van der Waals surface area (Å²) in [5.41, 5.74) is 0.